The maximum atomic E-state index is 2.76. The molecular formula is C19H38N2. The van der Waals surface area contributed by atoms with Crippen molar-refractivity contribution in [3.05, 3.63) is 0 Å². The predicted octanol–water partition coefficient (Wildman–Crippen LogP) is 4.11. The fourth-order valence-corrected chi connectivity index (χ4v) is 4.47. The summed E-state index contributed by atoms with van der Waals surface area (Å²) in [6.07, 6.45) is 5.54. The molecule has 21 heavy (non-hydrogen) atoms. The highest BCUT2D eigenvalue weighted by Crippen LogP contribution is 2.36. The summed E-state index contributed by atoms with van der Waals surface area (Å²) in [6.45, 7) is 20.0. The average molecular weight is 295 g/mol. The van der Waals surface area contributed by atoms with E-state index in [9.17, 15) is 0 Å². The van der Waals surface area contributed by atoms with Crippen molar-refractivity contribution in [1.82, 2.24) is 9.80 Å². The molecule has 0 aromatic carbocycles. The molecule has 2 heterocycles. The van der Waals surface area contributed by atoms with Crippen molar-refractivity contribution in [3.63, 3.8) is 0 Å². The van der Waals surface area contributed by atoms with E-state index in [-0.39, 0.29) is 0 Å². The normalized spacial score (nSPS) is 29.1. The third-order valence-corrected chi connectivity index (χ3v) is 6.12. The Bertz CT molecular complexity index is 303. The highest BCUT2D eigenvalue weighted by Gasteiger charge is 2.36. The van der Waals surface area contributed by atoms with Gasteiger partial charge in [0.1, 0.15) is 0 Å². The van der Waals surface area contributed by atoms with Gasteiger partial charge in [0.15, 0.2) is 0 Å². The van der Waals surface area contributed by atoms with Gasteiger partial charge in [-0.2, -0.15) is 0 Å². The Kier molecular flexibility index (Phi) is 6.14. The van der Waals surface area contributed by atoms with E-state index in [4.69, 9.17) is 0 Å². The van der Waals surface area contributed by atoms with Gasteiger partial charge in [0.2, 0.25) is 0 Å². The molecule has 0 saturated carbocycles. The van der Waals surface area contributed by atoms with Crippen LogP contribution in [0.15, 0.2) is 0 Å². The Labute approximate surface area is 133 Å². The summed E-state index contributed by atoms with van der Waals surface area (Å²) in [5.74, 6) is 2.74. The van der Waals surface area contributed by atoms with Crippen molar-refractivity contribution >= 4 is 0 Å². The summed E-state index contributed by atoms with van der Waals surface area (Å²) in [4.78, 5) is 5.45. The molecule has 0 aromatic heterocycles. The maximum absolute atomic E-state index is 2.76. The number of nitrogens with zero attached hydrogens (tertiary/aromatic N) is 2. The van der Waals surface area contributed by atoms with E-state index in [1.807, 2.05) is 0 Å². The van der Waals surface area contributed by atoms with Crippen LogP contribution in [0, 0.1) is 23.2 Å². The second kappa shape index (κ2) is 7.46. The van der Waals surface area contributed by atoms with Crippen molar-refractivity contribution in [2.75, 3.05) is 39.3 Å². The SMILES string of the molecule is CCCN1CCC(CN2CCC(C(C)C)CC2)C(C)(C)C1. The fourth-order valence-electron chi connectivity index (χ4n) is 4.47. The number of likely N-dealkylation sites (tertiary alicyclic amines) is 2. The predicted molar refractivity (Wildman–Crippen MR) is 92.6 cm³/mol. The van der Waals surface area contributed by atoms with Gasteiger partial charge in [0.25, 0.3) is 0 Å². The van der Waals surface area contributed by atoms with Crippen LogP contribution in [0.5, 0.6) is 0 Å². The molecule has 0 N–H and O–H groups in total. The highest BCUT2D eigenvalue weighted by atomic mass is 15.2. The van der Waals surface area contributed by atoms with E-state index in [0.717, 1.165) is 17.8 Å². The molecule has 2 aliphatic rings. The first-order valence-electron chi connectivity index (χ1n) is 9.37. The van der Waals surface area contributed by atoms with E-state index < -0.39 is 0 Å². The molecule has 2 heteroatoms. The van der Waals surface area contributed by atoms with E-state index >= 15 is 0 Å². The Balaban J connectivity index is 1.81. The molecule has 0 amide bonds. The third kappa shape index (κ3) is 4.69. The van der Waals surface area contributed by atoms with Crippen LogP contribution >= 0.6 is 0 Å². The van der Waals surface area contributed by atoms with Gasteiger partial charge in [0.05, 0.1) is 0 Å². The highest BCUT2D eigenvalue weighted by molar-refractivity contribution is 4.89. The quantitative estimate of drug-likeness (QED) is 0.753. The average Bonchev–Trinajstić information content (AvgIpc) is 2.42. The van der Waals surface area contributed by atoms with E-state index in [0.29, 0.717) is 5.41 Å². The third-order valence-electron chi connectivity index (χ3n) is 6.12. The molecule has 124 valence electrons. The van der Waals surface area contributed by atoms with E-state index in [2.05, 4.69) is 44.4 Å². The summed E-state index contributed by atoms with van der Waals surface area (Å²) < 4.78 is 0. The van der Waals surface area contributed by atoms with Crippen molar-refractivity contribution < 1.29 is 0 Å². The molecule has 0 spiro atoms. The minimum absolute atomic E-state index is 0.488. The van der Waals surface area contributed by atoms with Crippen molar-refractivity contribution in [3.8, 4) is 0 Å². The number of rotatable bonds is 5. The zero-order chi connectivity index (χ0) is 15.5. The van der Waals surface area contributed by atoms with Crippen LogP contribution in [0.1, 0.15) is 60.3 Å². The Hall–Kier alpha value is -0.0800. The Morgan fingerprint density at radius 2 is 1.62 bits per heavy atom. The molecule has 0 radical (unpaired) electrons. The second-order valence-corrected chi connectivity index (χ2v) is 8.63. The number of hydrogen-bond donors (Lipinski definition) is 0. The monoisotopic (exact) mass is 294 g/mol. The van der Waals surface area contributed by atoms with Gasteiger partial charge in [-0.3, -0.25) is 0 Å². The lowest BCUT2D eigenvalue weighted by Crippen LogP contribution is -2.50. The standard InChI is InChI=1S/C19H38N2/c1-6-10-21-13-9-18(19(4,5)15-21)14-20-11-7-17(8-12-20)16(2)3/h16-18H,6-15H2,1-5H3. The first-order chi connectivity index (χ1) is 9.92. The van der Waals surface area contributed by atoms with Crippen LogP contribution in [0.25, 0.3) is 0 Å². The van der Waals surface area contributed by atoms with Crippen molar-refractivity contribution in [1.29, 1.82) is 0 Å². The molecule has 1 unspecified atom stereocenters. The van der Waals surface area contributed by atoms with Gasteiger partial charge < -0.3 is 9.80 Å². The van der Waals surface area contributed by atoms with Gasteiger partial charge in [-0.25, -0.2) is 0 Å². The minimum Gasteiger partial charge on any atom is -0.303 e. The van der Waals surface area contributed by atoms with Crippen LogP contribution < -0.4 is 0 Å². The Morgan fingerprint density at radius 3 is 2.14 bits per heavy atom. The molecule has 0 aromatic rings. The largest absolute Gasteiger partial charge is 0.303 e. The molecule has 2 fully saturated rings. The van der Waals surface area contributed by atoms with Crippen LogP contribution in [-0.2, 0) is 0 Å². The molecule has 2 aliphatic heterocycles. The van der Waals surface area contributed by atoms with Crippen LogP contribution in [0.3, 0.4) is 0 Å². The lowest BCUT2D eigenvalue weighted by atomic mass is 9.73. The molecular weight excluding hydrogens is 256 g/mol. The smallest absolute Gasteiger partial charge is 0.00358 e. The summed E-state index contributed by atoms with van der Waals surface area (Å²) >= 11 is 0. The molecule has 0 aliphatic carbocycles. The van der Waals surface area contributed by atoms with Crippen molar-refractivity contribution in [2.24, 2.45) is 23.2 Å². The molecule has 2 nitrogen and oxygen atoms in total. The first-order valence-corrected chi connectivity index (χ1v) is 9.37. The topological polar surface area (TPSA) is 6.48 Å². The van der Waals surface area contributed by atoms with Crippen LogP contribution in [0.2, 0.25) is 0 Å². The lowest BCUT2D eigenvalue weighted by molar-refractivity contribution is 0.0230. The summed E-state index contributed by atoms with van der Waals surface area (Å²) in [5.41, 5.74) is 0.488. The Morgan fingerprint density at radius 1 is 1.00 bits per heavy atom. The number of piperidine rings is 2. The first kappa shape index (κ1) is 17.3. The zero-order valence-corrected chi connectivity index (χ0v) is 15.2. The molecule has 1 atom stereocenters. The summed E-state index contributed by atoms with van der Waals surface area (Å²) in [5, 5.41) is 0. The van der Waals surface area contributed by atoms with Gasteiger partial charge in [-0.1, -0.05) is 34.6 Å². The lowest BCUT2D eigenvalue weighted by Gasteiger charge is -2.47. The van der Waals surface area contributed by atoms with Crippen LogP contribution in [-0.4, -0.2) is 49.1 Å². The van der Waals surface area contributed by atoms with E-state index in [1.165, 1.54) is 65.0 Å². The number of hydrogen-bond acceptors (Lipinski definition) is 2. The minimum atomic E-state index is 0.488. The van der Waals surface area contributed by atoms with Crippen molar-refractivity contribution in [2.45, 2.75) is 60.3 Å². The molecule has 2 saturated heterocycles. The zero-order valence-electron chi connectivity index (χ0n) is 15.2. The maximum Gasteiger partial charge on any atom is 0.00358 e. The molecule has 0 bridgehead atoms. The summed E-state index contributed by atoms with van der Waals surface area (Å²) in [6, 6.07) is 0. The molecule has 2 rings (SSSR count). The van der Waals surface area contributed by atoms with Gasteiger partial charge >= 0.3 is 0 Å². The van der Waals surface area contributed by atoms with Gasteiger partial charge in [-0.05, 0) is 75.0 Å². The fraction of sp³-hybridized carbons (Fsp3) is 1.00. The van der Waals surface area contributed by atoms with Gasteiger partial charge in [-0.15, -0.1) is 0 Å². The van der Waals surface area contributed by atoms with Crippen LogP contribution in [0.4, 0.5) is 0 Å². The van der Waals surface area contributed by atoms with Gasteiger partial charge in [0, 0.05) is 13.1 Å². The van der Waals surface area contributed by atoms with E-state index in [1.54, 1.807) is 0 Å². The summed E-state index contributed by atoms with van der Waals surface area (Å²) in [7, 11) is 0. The second-order valence-electron chi connectivity index (χ2n) is 8.63.